The minimum atomic E-state index is -0.764. The van der Waals surface area contributed by atoms with Crippen LogP contribution < -0.4 is 9.47 Å². The molecule has 27 heavy (non-hydrogen) atoms. The average molecular weight is 371 g/mol. The van der Waals surface area contributed by atoms with Gasteiger partial charge in [-0.25, -0.2) is 0 Å². The Morgan fingerprint density at radius 3 is 2.59 bits per heavy atom. The Balaban J connectivity index is 1.48. The second-order valence-corrected chi connectivity index (χ2v) is 8.19. The molecule has 1 spiro atoms. The molecule has 1 heterocycles. The van der Waals surface area contributed by atoms with Crippen molar-refractivity contribution in [3.63, 3.8) is 0 Å². The maximum atomic E-state index is 10.4. The third-order valence-electron chi connectivity index (χ3n) is 6.34. The molecule has 1 aliphatic heterocycles. The molecule has 2 fully saturated rings. The molecule has 0 bridgehead atoms. The first-order valence-electron chi connectivity index (χ1n) is 10.0. The summed E-state index contributed by atoms with van der Waals surface area (Å²) in [6, 6.07) is 6.00. The smallest absolute Gasteiger partial charge is 0.162 e. The Kier molecular flexibility index (Phi) is 4.89. The highest BCUT2D eigenvalue weighted by molar-refractivity contribution is 6.02. The van der Waals surface area contributed by atoms with Crippen molar-refractivity contribution in [3.8, 4) is 11.5 Å². The highest BCUT2D eigenvalue weighted by Gasteiger charge is 2.46. The van der Waals surface area contributed by atoms with Crippen LogP contribution in [-0.2, 0) is 4.84 Å². The van der Waals surface area contributed by atoms with Crippen LogP contribution >= 0.6 is 0 Å². The number of hydrogen-bond donors (Lipinski definition) is 1. The van der Waals surface area contributed by atoms with Gasteiger partial charge in [-0.15, -0.1) is 6.58 Å². The molecule has 4 rings (SSSR count). The van der Waals surface area contributed by atoms with Crippen LogP contribution in [0.3, 0.4) is 0 Å². The van der Waals surface area contributed by atoms with Gasteiger partial charge in [-0.05, 0) is 69.6 Å². The van der Waals surface area contributed by atoms with E-state index in [9.17, 15) is 5.11 Å². The van der Waals surface area contributed by atoms with E-state index in [1.807, 2.05) is 18.2 Å². The van der Waals surface area contributed by atoms with E-state index in [1.165, 1.54) is 12.8 Å². The van der Waals surface area contributed by atoms with E-state index in [2.05, 4.69) is 11.7 Å². The Bertz CT molecular complexity index is 728. The van der Waals surface area contributed by atoms with Crippen LogP contribution in [0.5, 0.6) is 11.5 Å². The predicted octanol–water partition coefficient (Wildman–Crippen LogP) is 4.37. The van der Waals surface area contributed by atoms with Crippen LogP contribution in [0.2, 0.25) is 0 Å². The summed E-state index contributed by atoms with van der Waals surface area (Å²) in [6.07, 6.45) is 10.3. The molecule has 1 aromatic carbocycles. The first kappa shape index (κ1) is 18.4. The fourth-order valence-electron chi connectivity index (χ4n) is 4.42. The third-order valence-corrected chi connectivity index (χ3v) is 6.34. The Morgan fingerprint density at radius 1 is 1.19 bits per heavy atom. The molecule has 146 valence electrons. The molecular formula is C22H29NO4. The van der Waals surface area contributed by atoms with Gasteiger partial charge >= 0.3 is 0 Å². The van der Waals surface area contributed by atoms with Gasteiger partial charge in [0.15, 0.2) is 11.5 Å². The molecule has 5 nitrogen and oxygen atoms in total. The lowest BCUT2D eigenvalue weighted by molar-refractivity contribution is -0.0863. The van der Waals surface area contributed by atoms with Crippen molar-refractivity contribution in [2.24, 2.45) is 5.16 Å². The van der Waals surface area contributed by atoms with Crippen LogP contribution in [0, 0.1) is 0 Å². The molecule has 1 aromatic rings. The number of ether oxygens (including phenoxy) is 2. The topological polar surface area (TPSA) is 60.3 Å². The zero-order valence-electron chi connectivity index (χ0n) is 16.1. The van der Waals surface area contributed by atoms with Gasteiger partial charge in [-0.3, -0.25) is 0 Å². The highest BCUT2D eigenvalue weighted by Crippen LogP contribution is 2.44. The van der Waals surface area contributed by atoms with Gasteiger partial charge in [0.05, 0.1) is 24.5 Å². The van der Waals surface area contributed by atoms with Crippen molar-refractivity contribution in [2.75, 3.05) is 7.11 Å². The molecule has 0 saturated heterocycles. The van der Waals surface area contributed by atoms with E-state index >= 15 is 0 Å². The van der Waals surface area contributed by atoms with Crippen molar-refractivity contribution in [3.05, 3.63) is 36.4 Å². The van der Waals surface area contributed by atoms with Gasteiger partial charge in [0.1, 0.15) is 5.60 Å². The Morgan fingerprint density at radius 2 is 1.93 bits per heavy atom. The summed E-state index contributed by atoms with van der Waals surface area (Å²) in [6.45, 7) is 3.76. The van der Waals surface area contributed by atoms with Crippen LogP contribution in [0.1, 0.15) is 63.4 Å². The summed E-state index contributed by atoms with van der Waals surface area (Å²) in [5.74, 6) is 1.55. The molecule has 2 aliphatic carbocycles. The van der Waals surface area contributed by atoms with Crippen LogP contribution in [0.4, 0.5) is 0 Å². The maximum Gasteiger partial charge on any atom is 0.162 e. The summed E-state index contributed by atoms with van der Waals surface area (Å²) >= 11 is 0. The van der Waals surface area contributed by atoms with Crippen LogP contribution in [0.15, 0.2) is 36.0 Å². The minimum absolute atomic E-state index is 0.275. The predicted molar refractivity (Wildman–Crippen MR) is 104 cm³/mol. The second kappa shape index (κ2) is 7.19. The van der Waals surface area contributed by atoms with E-state index in [0.717, 1.165) is 54.9 Å². The Labute approximate surface area is 161 Å². The third kappa shape index (κ3) is 3.70. The first-order chi connectivity index (χ1) is 13.0. The van der Waals surface area contributed by atoms with Crippen LogP contribution in [-0.4, -0.2) is 35.2 Å². The van der Waals surface area contributed by atoms with E-state index in [1.54, 1.807) is 13.2 Å². The number of aliphatic hydroxyl groups is 1. The van der Waals surface area contributed by atoms with E-state index in [-0.39, 0.29) is 11.7 Å². The maximum absolute atomic E-state index is 10.4. The summed E-state index contributed by atoms with van der Waals surface area (Å²) in [5.41, 5.74) is 0.903. The fourth-order valence-corrected chi connectivity index (χ4v) is 4.42. The van der Waals surface area contributed by atoms with Crippen molar-refractivity contribution in [1.29, 1.82) is 0 Å². The van der Waals surface area contributed by atoms with Gasteiger partial charge in [0.25, 0.3) is 0 Å². The van der Waals surface area contributed by atoms with Crippen molar-refractivity contribution in [2.45, 2.75) is 75.1 Å². The highest BCUT2D eigenvalue weighted by atomic mass is 16.7. The van der Waals surface area contributed by atoms with Crippen LogP contribution in [0.25, 0.3) is 0 Å². The average Bonchev–Trinajstić information content (AvgIpc) is 3.35. The standard InChI is InChI=1S/C22H29NO4/c1-3-21(24)10-12-22(13-11-21)15-18(23-27-22)16-8-9-19(25-2)20(14-16)26-17-6-4-5-7-17/h3,8-9,14,17,24H,1,4-7,10-13,15H2,2H3. The molecule has 0 aromatic heterocycles. The summed E-state index contributed by atoms with van der Waals surface area (Å²) in [7, 11) is 1.67. The number of hydrogen-bond acceptors (Lipinski definition) is 5. The number of benzene rings is 1. The SMILES string of the molecule is C=CC1(O)CCC2(CC1)CC(c1ccc(OC)c(OC3CCCC3)c1)=NO2. The lowest BCUT2D eigenvalue weighted by Crippen LogP contribution is -2.41. The summed E-state index contributed by atoms with van der Waals surface area (Å²) in [5, 5.41) is 14.8. The monoisotopic (exact) mass is 371 g/mol. The fraction of sp³-hybridized carbons (Fsp3) is 0.591. The minimum Gasteiger partial charge on any atom is -0.493 e. The van der Waals surface area contributed by atoms with Gasteiger partial charge in [-0.1, -0.05) is 11.2 Å². The van der Waals surface area contributed by atoms with Crippen molar-refractivity contribution < 1.29 is 19.4 Å². The second-order valence-electron chi connectivity index (χ2n) is 8.19. The van der Waals surface area contributed by atoms with E-state index in [4.69, 9.17) is 14.3 Å². The van der Waals surface area contributed by atoms with Gasteiger partial charge in [0, 0.05) is 12.0 Å². The number of methoxy groups -OCH3 is 1. The molecule has 0 radical (unpaired) electrons. The quantitative estimate of drug-likeness (QED) is 0.781. The summed E-state index contributed by atoms with van der Waals surface area (Å²) < 4.78 is 11.7. The van der Waals surface area contributed by atoms with Gasteiger partial charge < -0.3 is 19.4 Å². The lowest BCUT2D eigenvalue weighted by Gasteiger charge is -2.38. The molecule has 0 amide bonds. The zero-order valence-corrected chi connectivity index (χ0v) is 16.1. The largest absolute Gasteiger partial charge is 0.493 e. The van der Waals surface area contributed by atoms with Crippen molar-refractivity contribution >= 4 is 5.71 Å². The Hall–Kier alpha value is -2.01. The van der Waals surface area contributed by atoms with E-state index < -0.39 is 5.60 Å². The molecule has 1 N–H and O–H groups in total. The van der Waals surface area contributed by atoms with E-state index in [0.29, 0.717) is 12.8 Å². The molecular weight excluding hydrogens is 342 g/mol. The van der Waals surface area contributed by atoms with Gasteiger partial charge in [-0.2, -0.15) is 0 Å². The number of rotatable bonds is 5. The number of nitrogens with zero attached hydrogens (tertiary/aromatic N) is 1. The lowest BCUT2D eigenvalue weighted by atomic mass is 9.74. The molecule has 3 aliphatic rings. The normalized spacial score (nSPS) is 30.8. The molecule has 5 heteroatoms. The molecule has 0 atom stereocenters. The number of oxime groups is 1. The molecule has 2 saturated carbocycles. The molecule has 0 unspecified atom stereocenters. The first-order valence-corrected chi connectivity index (χ1v) is 10.0. The summed E-state index contributed by atoms with van der Waals surface area (Å²) in [4.78, 5) is 5.89. The van der Waals surface area contributed by atoms with Crippen molar-refractivity contribution in [1.82, 2.24) is 0 Å². The van der Waals surface area contributed by atoms with Gasteiger partial charge in [0.2, 0.25) is 0 Å². The zero-order chi connectivity index (χ0) is 18.9.